The number of sulfone groups is 1. The summed E-state index contributed by atoms with van der Waals surface area (Å²) in [6, 6.07) is 9.50. The predicted molar refractivity (Wildman–Crippen MR) is 86.9 cm³/mol. The Hall–Kier alpha value is -2.35. The van der Waals surface area contributed by atoms with Crippen LogP contribution in [0.3, 0.4) is 0 Å². The Labute approximate surface area is 143 Å². The number of hydrogen-bond donors (Lipinski definition) is 1. The van der Waals surface area contributed by atoms with Crippen molar-refractivity contribution in [3.8, 4) is 0 Å². The Morgan fingerprint density at radius 2 is 1.52 bits per heavy atom. The van der Waals surface area contributed by atoms with Crippen LogP contribution in [0.1, 0.15) is 34.5 Å². The van der Waals surface area contributed by atoms with Crippen molar-refractivity contribution in [2.24, 2.45) is 0 Å². The van der Waals surface area contributed by atoms with Gasteiger partial charge in [-0.25, -0.2) is 8.42 Å². The van der Waals surface area contributed by atoms with Gasteiger partial charge in [0.05, 0.1) is 16.5 Å². The molecular weight excluding hydrogens is 355 g/mol. The molecule has 0 bridgehead atoms. The van der Waals surface area contributed by atoms with E-state index in [0.717, 1.165) is 30.5 Å². The fourth-order valence-electron chi connectivity index (χ4n) is 2.18. The first-order chi connectivity index (χ1) is 11.5. The minimum Gasteiger partial charge on any atom is -0.346 e. The van der Waals surface area contributed by atoms with Gasteiger partial charge in [-0.3, -0.25) is 4.79 Å². The fraction of sp³-hybridized carbons (Fsp3) is 0.235. The second kappa shape index (κ2) is 6.87. The lowest BCUT2D eigenvalue weighted by Crippen LogP contribution is -2.26. The molecule has 2 rings (SSSR count). The molecule has 25 heavy (non-hydrogen) atoms. The molecular formula is C17H16F3NO3S. The van der Waals surface area contributed by atoms with Crippen LogP contribution in [0.5, 0.6) is 0 Å². The number of benzene rings is 2. The maximum atomic E-state index is 12.5. The number of rotatable bonds is 4. The Kier molecular flexibility index (Phi) is 5.22. The molecule has 0 saturated carbocycles. The zero-order valence-electron chi connectivity index (χ0n) is 13.5. The van der Waals surface area contributed by atoms with E-state index in [1.54, 1.807) is 19.1 Å². The first-order valence-electron chi connectivity index (χ1n) is 7.26. The van der Waals surface area contributed by atoms with Gasteiger partial charge in [0.2, 0.25) is 0 Å². The second-order valence-corrected chi connectivity index (χ2v) is 7.63. The van der Waals surface area contributed by atoms with Crippen LogP contribution in [0.2, 0.25) is 0 Å². The molecule has 1 atom stereocenters. The van der Waals surface area contributed by atoms with Crippen LogP contribution in [0.4, 0.5) is 13.2 Å². The number of halogens is 3. The quantitative estimate of drug-likeness (QED) is 0.893. The fourth-order valence-corrected chi connectivity index (χ4v) is 2.81. The molecule has 0 aliphatic carbocycles. The zero-order valence-corrected chi connectivity index (χ0v) is 14.3. The average molecular weight is 371 g/mol. The summed E-state index contributed by atoms with van der Waals surface area (Å²) < 4.78 is 60.4. The number of carbonyl (C=O) groups excluding carboxylic acids is 1. The first-order valence-corrected chi connectivity index (χ1v) is 9.16. The maximum Gasteiger partial charge on any atom is 0.416 e. The van der Waals surface area contributed by atoms with Crippen molar-refractivity contribution >= 4 is 15.7 Å². The monoisotopic (exact) mass is 371 g/mol. The van der Waals surface area contributed by atoms with E-state index in [4.69, 9.17) is 0 Å². The molecule has 0 spiro atoms. The maximum absolute atomic E-state index is 12.5. The summed E-state index contributed by atoms with van der Waals surface area (Å²) in [6.07, 6.45) is -3.36. The van der Waals surface area contributed by atoms with Crippen LogP contribution in [-0.2, 0) is 16.0 Å². The van der Waals surface area contributed by atoms with Crippen LogP contribution in [0.25, 0.3) is 0 Å². The highest BCUT2D eigenvalue weighted by Crippen LogP contribution is 2.29. The van der Waals surface area contributed by atoms with Crippen molar-refractivity contribution in [2.75, 3.05) is 6.26 Å². The molecule has 1 amide bonds. The van der Waals surface area contributed by atoms with Gasteiger partial charge in [-0.05, 0) is 48.9 Å². The third-order valence-electron chi connectivity index (χ3n) is 3.63. The van der Waals surface area contributed by atoms with E-state index in [1.165, 1.54) is 12.1 Å². The SMILES string of the molecule is C[C@H](NC(=O)c1ccc(C(F)(F)F)cc1)c1ccc(S(C)(=O)=O)cc1. The molecule has 0 aromatic heterocycles. The van der Waals surface area contributed by atoms with Crippen molar-refractivity contribution in [3.63, 3.8) is 0 Å². The minimum absolute atomic E-state index is 0.104. The van der Waals surface area contributed by atoms with Crippen LogP contribution in [0, 0.1) is 0 Å². The molecule has 0 fully saturated rings. The minimum atomic E-state index is -4.45. The molecule has 4 nitrogen and oxygen atoms in total. The number of nitrogens with one attached hydrogen (secondary N) is 1. The Morgan fingerprint density at radius 1 is 1.00 bits per heavy atom. The summed E-state index contributed by atoms with van der Waals surface area (Å²) in [5, 5.41) is 2.66. The van der Waals surface area contributed by atoms with Gasteiger partial charge in [0.15, 0.2) is 9.84 Å². The standard InChI is InChI=1S/C17H16F3NO3S/c1-11(12-5-9-15(10-6-12)25(2,23)24)21-16(22)13-3-7-14(8-4-13)17(18,19)20/h3-11H,1-2H3,(H,21,22)/t11-/m0/s1. The predicted octanol–water partition coefficient (Wildman–Crippen LogP) is 3.60. The molecule has 8 heteroatoms. The highest BCUT2D eigenvalue weighted by Gasteiger charge is 2.30. The van der Waals surface area contributed by atoms with Gasteiger partial charge < -0.3 is 5.32 Å². The van der Waals surface area contributed by atoms with Gasteiger partial charge in [0.1, 0.15) is 0 Å². The van der Waals surface area contributed by atoms with E-state index < -0.39 is 33.5 Å². The number of hydrogen-bond acceptors (Lipinski definition) is 3. The van der Waals surface area contributed by atoms with Crippen LogP contribution in [0.15, 0.2) is 53.4 Å². The van der Waals surface area contributed by atoms with Gasteiger partial charge in [-0.2, -0.15) is 13.2 Å². The van der Waals surface area contributed by atoms with Gasteiger partial charge in [0, 0.05) is 11.8 Å². The van der Waals surface area contributed by atoms with Crippen LogP contribution >= 0.6 is 0 Å². The first kappa shape index (κ1) is 19.0. The molecule has 0 unspecified atom stereocenters. The lowest BCUT2D eigenvalue weighted by molar-refractivity contribution is -0.137. The van der Waals surface area contributed by atoms with Gasteiger partial charge in [-0.15, -0.1) is 0 Å². The average Bonchev–Trinajstić information content (AvgIpc) is 2.53. The molecule has 0 aliphatic heterocycles. The summed E-state index contributed by atoms with van der Waals surface area (Å²) in [4.78, 5) is 12.3. The normalized spacial score (nSPS) is 13.3. The molecule has 2 aromatic rings. The third kappa shape index (κ3) is 4.82. The van der Waals surface area contributed by atoms with Crippen molar-refractivity contribution in [1.29, 1.82) is 0 Å². The van der Waals surface area contributed by atoms with Crippen LogP contribution < -0.4 is 5.32 Å². The van der Waals surface area contributed by atoms with Crippen molar-refractivity contribution in [1.82, 2.24) is 5.32 Å². The van der Waals surface area contributed by atoms with Crippen molar-refractivity contribution in [2.45, 2.75) is 24.0 Å². The van der Waals surface area contributed by atoms with E-state index in [-0.39, 0.29) is 10.5 Å². The summed E-state index contributed by atoms with van der Waals surface area (Å²) in [5.41, 5.74) is -0.0475. The zero-order chi connectivity index (χ0) is 18.8. The highest BCUT2D eigenvalue weighted by atomic mass is 32.2. The van der Waals surface area contributed by atoms with Crippen molar-refractivity contribution < 1.29 is 26.4 Å². The summed E-state index contributed by atoms with van der Waals surface area (Å²) in [5.74, 6) is -0.520. The smallest absolute Gasteiger partial charge is 0.346 e. The number of alkyl halides is 3. The van der Waals surface area contributed by atoms with Gasteiger partial charge >= 0.3 is 6.18 Å². The molecule has 1 N–H and O–H groups in total. The molecule has 134 valence electrons. The molecule has 0 saturated heterocycles. The lowest BCUT2D eigenvalue weighted by Gasteiger charge is -2.15. The summed E-state index contributed by atoms with van der Waals surface area (Å²) >= 11 is 0. The van der Waals surface area contributed by atoms with Crippen LogP contribution in [-0.4, -0.2) is 20.6 Å². The second-order valence-electron chi connectivity index (χ2n) is 5.61. The number of carbonyl (C=O) groups is 1. The highest BCUT2D eigenvalue weighted by molar-refractivity contribution is 7.90. The van der Waals surface area contributed by atoms with E-state index in [0.29, 0.717) is 5.56 Å². The third-order valence-corrected chi connectivity index (χ3v) is 4.76. The van der Waals surface area contributed by atoms with Crippen molar-refractivity contribution in [3.05, 3.63) is 65.2 Å². The lowest BCUT2D eigenvalue weighted by atomic mass is 10.1. The van der Waals surface area contributed by atoms with Gasteiger partial charge in [0.25, 0.3) is 5.91 Å². The van der Waals surface area contributed by atoms with Gasteiger partial charge in [-0.1, -0.05) is 12.1 Å². The Bertz CT molecular complexity index is 858. The summed E-state index contributed by atoms with van der Waals surface area (Å²) in [6.45, 7) is 1.69. The molecule has 2 aromatic carbocycles. The topological polar surface area (TPSA) is 63.2 Å². The molecule has 0 heterocycles. The Balaban J connectivity index is 2.09. The Morgan fingerprint density at radius 3 is 1.96 bits per heavy atom. The summed E-state index contributed by atoms with van der Waals surface area (Å²) in [7, 11) is -3.31. The molecule has 0 radical (unpaired) electrons. The molecule has 0 aliphatic rings. The van der Waals surface area contributed by atoms with E-state index in [1.807, 2.05) is 0 Å². The van der Waals surface area contributed by atoms with E-state index in [2.05, 4.69) is 5.32 Å². The van der Waals surface area contributed by atoms with E-state index >= 15 is 0 Å². The number of amides is 1. The largest absolute Gasteiger partial charge is 0.416 e. The van der Waals surface area contributed by atoms with E-state index in [9.17, 15) is 26.4 Å².